The first-order valence-corrected chi connectivity index (χ1v) is 14.8. The summed E-state index contributed by atoms with van der Waals surface area (Å²) < 4.78 is 39.7. The maximum Gasteiger partial charge on any atom is 0.270 e. The minimum Gasteiger partial charge on any atom is -0.492 e. The SMILES string of the molecule is CCCCOc1cccc(-c2ccc(C(=O)NS(=O)(=O)c3ccc[nH]c3=O)c(Oc3c(C)cc(C)cc3C)n2)c1Cl.[HH].[HH]. The number of hydrogen-bond acceptors (Lipinski definition) is 7. The lowest BCUT2D eigenvalue weighted by molar-refractivity contribution is 0.0978. The van der Waals surface area contributed by atoms with Gasteiger partial charge in [-0.25, -0.2) is 18.1 Å². The fourth-order valence-electron chi connectivity index (χ4n) is 4.26. The van der Waals surface area contributed by atoms with E-state index in [0.29, 0.717) is 34.4 Å². The van der Waals surface area contributed by atoms with Gasteiger partial charge in [-0.3, -0.25) is 9.59 Å². The van der Waals surface area contributed by atoms with E-state index in [4.69, 9.17) is 21.1 Å². The van der Waals surface area contributed by atoms with Crippen LogP contribution in [0.2, 0.25) is 5.02 Å². The lowest BCUT2D eigenvalue weighted by atomic mass is 10.1. The van der Waals surface area contributed by atoms with Crippen molar-refractivity contribution < 1.29 is 25.5 Å². The third kappa shape index (κ3) is 6.78. The monoisotopic (exact) mass is 599 g/mol. The van der Waals surface area contributed by atoms with Crippen LogP contribution in [0.25, 0.3) is 11.3 Å². The number of amides is 1. The molecule has 0 fully saturated rings. The van der Waals surface area contributed by atoms with Gasteiger partial charge in [-0.1, -0.05) is 54.8 Å². The molecule has 0 saturated carbocycles. The van der Waals surface area contributed by atoms with Crippen molar-refractivity contribution >= 4 is 27.5 Å². The number of pyridine rings is 2. The van der Waals surface area contributed by atoms with Crippen molar-refractivity contribution in [2.75, 3.05) is 6.61 Å². The molecule has 0 aliphatic carbocycles. The van der Waals surface area contributed by atoms with Gasteiger partial charge >= 0.3 is 0 Å². The molecule has 2 aromatic carbocycles. The zero-order chi connectivity index (χ0) is 29.7. The lowest BCUT2D eigenvalue weighted by Gasteiger charge is -2.16. The van der Waals surface area contributed by atoms with E-state index < -0.39 is 26.4 Å². The van der Waals surface area contributed by atoms with Gasteiger partial charge in [0.15, 0.2) is 4.90 Å². The van der Waals surface area contributed by atoms with Gasteiger partial charge in [0.25, 0.3) is 21.5 Å². The van der Waals surface area contributed by atoms with E-state index in [0.717, 1.165) is 35.6 Å². The van der Waals surface area contributed by atoms with E-state index in [1.807, 2.05) is 37.6 Å². The zero-order valence-electron chi connectivity index (χ0n) is 23.1. The topological polar surface area (TPSA) is 127 Å². The summed E-state index contributed by atoms with van der Waals surface area (Å²) in [4.78, 5) is 31.7. The molecule has 0 bridgehead atoms. The molecule has 2 aromatic heterocycles. The van der Waals surface area contributed by atoms with Gasteiger partial charge in [0.1, 0.15) is 17.1 Å². The van der Waals surface area contributed by atoms with Gasteiger partial charge in [0.2, 0.25) is 5.88 Å². The number of rotatable bonds is 10. The van der Waals surface area contributed by atoms with Gasteiger partial charge < -0.3 is 14.5 Å². The molecule has 9 nitrogen and oxygen atoms in total. The van der Waals surface area contributed by atoms with Crippen LogP contribution in [0.4, 0.5) is 0 Å². The van der Waals surface area contributed by atoms with Crippen LogP contribution in [0.1, 0.15) is 49.7 Å². The molecule has 2 N–H and O–H groups in total. The maximum atomic E-state index is 13.3. The summed E-state index contributed by atoms with van der Waals surface area (Å²) in [6.07, 6.45) is 3.13. The van der Waals surface area contributed by atoms with Crippen molar-refractivity contribution in [1.29, 1.82) is 0 Å². The normalized spacial score (nSPS) is 11.2. The van der Waals surface area contributed by atoms with Crippen molar-refractivity contribution in [3.8, 4) is 28.6 Å². The average molecular weight is 600 g/mol. The maximum absolute atomic E-state index is 13.3. The van der Waals surface area contributed by atoms with Crippen LogP contribution in [0.15, 0.2) is 70.5 Å². The molecular weight excluding hydrogens is 566 g/mol. The van der Waals surface area contributed by atoms with Crippen LogP contribution in [0.5, 0.6) is 17.4 Å². The summed E-state index contributed by atoms with van der Waals surface area (Å²) in [5.74, 6) is -0.194. The minimum atomic E-state index is -4.50. The molecule has 41 heavy (non-hydrogen) atoms. The molecule has 0 saturated heterocycles. The molecule has 1 amide bonds. The number of H-pyrrole nitrogens is 1. The second kappa shape index (κ2) is 12.6. The summed E-state index contributed by atoms with van der Waals surface area (Å²) in [5.41, 5.74) is 2.53. The fourth-order valence-corrected chi connectivity index (χ4v) is 5.56. The largest absolute Gasteiger partial charge is 0.492 e. The van der Waals surface area contributed by atoms with Crippen LogP contribution < -0.4 is 19.8 Å². The Kier molecular flexibility index (Phi) is 9.14. The van der Waals surface area contributed by atoms with Gasteiger partial charge in [-0.15, -0.1) is 0 Å². The van der Waals surface area contributed by atoms with Crippen molar-refractivity contribution in [3.63, 3.8) is 0 Å². The Labute approximate surface area is 246 Å². The molecule has 4 aromatic rings. The van der Waals surface area contributed by atoms with Gasteiger partial charge in [0.05, 0.1) is 17.3 Å². The first kappa shape index (κ1) is 29.8. The second-order valence-electron chi connectivity index (χ2n) is 9.50. The standard InChI is InChI=1S/C30H30ClN3O6S.2H2/c1-5-6-15-39-24-10-7-9-21(26(24)31)23-13-12-22(28(35)34-41(37,38)25-11-8-14-32-29(25)36)30(33-23)40-27-19(3)16-18(2)17-20(27)4;;/h7-14,16-17H,5-6,15H2,1-4H3,(H,32,36)(H,34,35);2*1H. The first-order valence-electron chi connectivity index (χ1n) is 12.9. The third-order valence-electron chi connectivity index (χ3n) is 6.20. The van der Waals surface area contributed by atoms with Crippen molar-refractivity contribution in [2.24, 2.45) is 0 Å². The van der Waals surface area contributed by atoms with Gasteiger partial charge in [-0.05, 0) is 68.7 Å². The number of nitrogens with zero attached hydrogens (tertiary/aromatic N) is 1. The molecule has 4 rings (SSSR count). The number of sulfonamides is 1. The Morgan fingerprint density at radius 3 is 2.49 bits per heavy atom. The molecule has 0 spiro atoms. The quantitative estimate of drug-likeness (QED) is 0.197. The fraction of sp³-hybridized carbons (Fsp3) is 0.233. The Balaban J connectivity index is 0.00000323. The number of aryl methyl sites for hydroxylation is 3. The summed E-state index contributed by atoms with van der Waals surface area (Å²) in [6.45, 7) is 8.24. The van der Waals surface area contributed by atoms with Crippen LogP contribution in [-0.2, 0) is 10.0 Å². The molecule has 2 heterocycles. The Morgan fingerprint density at radius 2 is 1.80 bits per heavy atom. The van der Waals surface area contributed by atoms with Crippen LogP contribution in [0, 0.1) is 20.8 Å². The minimum absolute atomic E-state index is 0. The number of benzene rings is 2. The molecule has 11 heteroatoms. The molecule has 218 valence electrons. The number of hydrogen-bond donors (Lipinski definition) is 2. The number of aromatic nitrogens is 2. The number of carbonyl (C=O) groups is 1. The van der Waals surface area contributed by atoms with Crippen LogP contribution in [0.3, 0.4) is 0 Å². The van der Waals surface area contributed by atoms with E-state index in [1.165, 1.54) is 24.4 Å². The second-order valence-corrected chi connectivity index (χ2v) is 11.5. The van der Waals surface area contributed by atoms with E-state index >= 15 is 0 Å². The van der Waals surface area contributed by atoms with Crippen molar-refractivity contribution in [2.45, 2.75) is 45.4 Å². The van der Waals surface area contributed by atoms with Crippen LogP contribution >= 0.6 is 11.6 Å². The number of unbranched alkanes of at least 4 members (excludes halogenated alkanes) is 1. The Morgan fingerprint density at radius 1 is 1.07 bits per heavy atom. The van der Waals surface area contributed by atoms with Crippen molar-refractivity contribution in [1.82, 2.24) is 14.7 Å². The predicted octanol–water partition coefficient (Wildman–Crippen LogP) is 6.60. The summed E-state index contributed by atoms with van der Waals surface area (Å²) >= 11 is 6.68. The molecule has 0 unspecified atom stereocenters. The van der Waals surface area contributed by atoms with Gasteiger partial charge in [-0.2, -0.15) is 0 Å². The molecule has 0 aliphatic rings. The summed E-state index contributed by atoms with van der Waals surface area (Å²) in [7, 11) is -4.50. The highest BCUT2D eigenvalue weighted by atomic mass is 35.5. The van der Waals surface area contributed by atoms with E-state index in [9.17, 15) is 18.0 Å². The van der Waals surface area contributed by atoms with E-state index in [1.54, 1.807) is 18.2 Å². The predicted molar refractivity (Wildman–Crippen MR) is 162 cm³/mol. The average Bonchev–Trinajstić information content (AvgIpc) is 2.91. The molecular formula is C30H34ClN3O6S. The smallest absolute Gasteiger partial charge is 0.270 e. The Hall–Kier alpha value is -4.15. The lowest BCUT2D eigenvalue weighted by Crippen LogP contribution is -2.34. The number of nitrogens with one attached hydrogen (secondary N) is 2. The number of aromatic amines is 1. The van der Waals surface area contributed by atoms with Crippen molar-refractivity contribution in [3.05, 3.63) is 98.4 Å². The molecule has 0 atom stereocenters. The van der Waals surface area contributed by atoms with Gasteiger partial charge in [0, 0.05) is 14.6 Å². The Bertz CT molecular complexity index is 1760. The number of halogens is 1. The summed E-state index contributed by atoms with van der Waals surface area (Å²) in [6, 6.07) is 14.5. The van der Waals surface area contributed by atoms with E-state index in [2.05, 4.69) is 16.9 Å². The van der Waals surface area contributed by atoms with Crippen LogP contribution in [-0.4, -0.2) is 30.9 Å². The molecule has 0 radical (unpaired) electrons. The highest BCUT2D eigenvalue weighted by Crippen LogP contribution is 2.37. The van der Waals surface area contributed by atoms with E-state index in [-0.39, 0.29) is 14.3 Å². The first-order chi connectivity index (χ1) is 19.5. The summed E-state index contributed by atoms with van der Waals surface area (Å²) in [5, 5.41) is 0.341. The zero-order valence-corrected chi connectivity index (χ0v) is 24.7. The third-order valence-corrected chi connectivity index (χ3v) is 7.95. The number of carbonyl (C=O) groups excluding carboxylic acids is 1. The highest BCUT2D eigenvalue weighted by molar-refractivity contribution is 7.90. The highest BCUT2D eigenvalue weighted by Gasteiger charge is 2.26. The number of ether oxygens (including phenoxy) is 2. The molecule has 0 aliphatic heterocycles.